The van der Waals surface area contributed by atoms with Crippen molar-refractivity contribution in [1.29, 1.82) is 0 Å². The van der Waals surface area contributed by atoms with E-state index >= 15 is 0 Å². The number of esters is 1. The van der Waals surface area contributed by atoms with E-state index in [1.807, 2.05) is 0 Å². The zero-order valence-corrected chi connectivity index (χ0v) is 18.4. The van der Waals surface area contributed by atoms with Crippen molar-refractivity contribution in [3.8, 4) is 0 Å². The van der Waals surface area contributed by atoms with E-state index in [4.69, 9.17) is 9.47 Å². The van der Waals surface area contributed by atoms with Gasteiger partial charge in [0.05, 0.1) is 6.10 Å². The number of nitrogens with one attached hydrogen (secondary N) is 1. The maximum Gasteiger partial charge on any atom is 0.302 e. The Kier molecular flexibility index (Phi) is 4.45. The van der Waals surface area contributed by atoms with Crippen LogP contribution in [-0.2, 0) is 14.3 Å². The van der Waals surface area contributed by atoms with Gasteiger partial charge in [-0.15, -0.1) is 0 Å². The maximum absolute atomic E-state index is 11.8. The average molecular weight is 390 g/mol. The second-order valence-corrected chi connectivity index (χ2v) is 11.5. The third kappa shape index (κ3) is 2.52. The molecule has 4 heteroatoms. The van der Waals surface area contributed by atoms with Crippen LogP contribution in [0.25, 0.3) is 0 Å². The molecule has 2 saturated heterocycles. The Morgan fingerprint density at radius 3 is 2.64 bits per heavy atom. The van der Waals surface area contributed by atoms with Gasteiger partial charge < -0.3 is 9.47 Å². The summed E-state index contributed by atoms with van der Waals surface area (Å²) in [5.41, 5.74) is 0.627. The molecule has 0 aromatic rings. The fourth-order valence-corrected chi connectivity index (χ4v) is 9.19. The summed E-state index contributed by atoms with van der Waals surface area (Å²) in [6, 6.07) is 0. The van der Waals surface area contributed by atoms with Gasteiger partial charge in [0.2, 0.25) is 0 Å². The van der Waals surface area contributed by atoms with Crippen LogP contribution in [0.5, 0.6) is 0 Å². The SMILES string of the molecule is CC(=O)O[C@H]1C[C@H]2[C@@H]3CC[C@@H]4C[C@H]5NC[C@H](O5)[C@]4(C)[C@H]3CC[C@]2(C)[C@H]1C(C)C. The Bertz CT molecular complexity index is 650. The fourth-order valence-electron chi connectivity index (χ4n) is 9.19. The van der Waals surface area contributed by atoms with Gasteiger partial charge in [0.15, 0.2) is 0 Å². The van der Waals surface area contributed by atoms with Crippen LogP contribution in [-0.4, -0.2) is 30.9 Å². The number of rotatable bonds is 2. The lowest BCUT2D eigenvalue weighted by atomic mass is 9.45. The van der Waals surface area contributed by atoms with E-state index in [1.165, 1.54) is 32.1 Å². The van der Waals surface area contributed by atoms with Crippen LogP contribution in [0.15, 0.2) is 0 Å². The van der Waals surface area contributed by atoms with E-state index in [0.717, 1.165) is 30.7 Å². The first kappa shape index (κ1) is 19.4. The van der Waals surface area contributed by atoms with Gasteiger partial charge in [0.25, 0.3) is 0 Å². The van der Waals surface area contributed by atoms with Gasteiger partial charge in [0, 0.05) is 24.8 Å². The molecule has 0 aromatic heterocycles. The number of ether oxygens (including phenoxy) is 2. The molecule has 2 heterocycles. The predicted molar refractivity (Wildman–Crippen MR) is 108 cm³/mol. The van der Waals surface area contributed by atoms with Gasteiger partial charge in [-0.1, -0.05) is 27.7 Å². The van der Waals surface area contributed by atoms with E-state index in [2.05, 4.69) is 33.0 Å². The molecule has 158 valence electrons. The molecule has 0 aromatic carbocycles. The molecule has 5 aliphatic rings. The summed E-state index contributed by atoms with van der Waals surface area (Å²) in [5.74, 6) is 3.97. The third-order valence-corrected chi connectivity index (χ3v) is 10.1. The second kappa shape index (κ2) is 6.44. The molecule has 3 aliphatic carbocycles. The highest BCUT2D eigenvalue weighted by molar-refractivity contribution is 5.66. The summed E-state index contributed by atoms with van der Waals surface area (Å²) in [6.45, 7) is 12.4. The Labute approximate surface area is 170 Å². The Hall–Kier alpha value is -0.610. The molecule has 3 saturated carbocycles. The minimum Gasteiger partial charge on any atom is -0.462 e. The molecule has 2 aliphatic heterocycles. The van der Waals surface area contributed by atoms with Crippen LogP contribution in [0.4, 0.5) is 0 Å². The number of carbonyl (C=O) groups is 1. The molecule has 1 N–H and O–H groups in total. The average Bonchev–Trinajstić information content (AvgIpc) is 3.15. The fraction of sp³-hybridized carbons (Fsp3) is 0.958. The first-order valence-electron chi connectivity index (χ1n) is 11.8. The second-order valence-electron chi connectivity index (χ2n) is 11.5. The van der Waals surface area contributed by atoms with Gasteiger partial charge in [-0.25, -0.2) is 0 Å². The Balaban J connectivity index is 1.47. The van der Waals surface area contributed by atoms with Crippen molar-refractivity contribution in [2.75, 3.05) is 6.54 Å². The summed E-state index contributed by atoms with van der Waals surface area (Å²) < 4.78 is 12.3. The van der Waals surface area contributed by atoms with Crippen LogP contribution in [0.3, 0.4) is 0 Å². The standard InChI is InChI=1S/C24H39NO3/c1-13(2)22-19(27-14(3)26)11-18-16-7-6-15-10-21-25-12-20(28-21)24(15,5)17(16)8-9-23(18,22)4/h13,15-22,25H,6-12H2,1-5H3/t15-,16-,17+,18+,19+,20+,21+,22+,23+,24+/m1/s1. The van der Waals surface area contributed by atoms with Crippen LogP contribution in [0.2, 0.25) is 0 Å². The molecule has 0 unspecified atom stereocenters. The molecule has 10 atom stereocenters. The van der Waals surface area contributed by atoms with E-state index in [9.17, 15) is 4.79 Å². The monoisotopic (exact) mass is 389 g/mol. The molecular weight excluding hydrogens is 350 g/mol. The first-order chi connectivity index (χ1) is 13.2. The van der Waals surface area contributed by atoms with Crippen molar-refractivity contribution in [3.63, 3.8) is 0 Å². The molecule has 0 radical (unpaired) electrons. The summed E-state index contributed by atoms with van der Waals surface area (Å²) >= 11 is 0. The zero-order valence-electron chi connectivity index (χ0n) is 18.4. The summed E-state index contributed by atoms with van der Waals surface area (Å²) in [7, 11) is 0. The smallest absolute Gasteiger partial charge is 0.302 e. The van der Waals surface area contributed by atoms with Crippen LogP contribution in [0, 0.1) is 46.3 Å². The van der Waals surface area contributed by atoms with Crippen LogP contribution >= 0.6 is 0 Å². The molecule has 5 rings (SSSR count). The molecule has 5 fully saturated rings. The maximum atomic E-state index is 11.8. The molecule has 0 amide bonds. The minimum absolute atomic E-state index is 0.103. The van der Waals surface area contributed by atoms with Gasteiger partial charge in [-0.3, -0.25) is 10.1 Å². The largest absolute Gasteiger partial charge is 0.462 e. The van der Waals surface area contributed by atoms with Crippen molar-refractivity contribution in [3.05, 3.63) is 0 Å². The minimum atomic E-state index is -0.103. The van der Waals surface area contributed by atoms with Crippen molar-refractivity contribution in [2.45, 2.75) is 91.6 Å². The van der Waals surface area contributed by atoms with Gasteiger partial charge in [-0.2, -0.15) is 0 Å². The Morgan fingerprint density at radius 2 is 1.93 bits per heavy atom. The normalized spacial score (nSPS) is 54.8. The Morgan fingerprint density at radius 1 is 1.14 bits per heavy atom. The lowest BCUT2D eigenvalue weighted by Crippen LogP contribution is -2.58. The van der Waals surface area contributed by atoms with Crippen molar-refractivity contribution >= 4 is 5.97 Å². The topological polar surface area (TPSA) is 47.6 Å². The van der Waals surface area contributed by atoms with Crippen molar-refractivity contribution in [1.82, 2.24) is 5.32 Å². The molecule has 4 nitrogen and oxygen atoms in total. The molecular formula is C24H39NO3. The lowest BCUT2D eigenvalue weighted by Gasteiger charge is -2.61. The van der Waals surface area contributed by atoms with E-state index in [0.29, 0.717) is 40.9 Å². The number of carbonyl (C=O) groups excluding carboxylic acids is 1. The lowest BCUT2D eigenvalue weighted by molar-refractivity contribution is -0.194. The van der Waals surface area contributed by atoms with Gasteiger partial charge in [-0.05, 0) is 73.5 Å². The summed E-state index contributed by atoms with van der Waals surface area (Å²) in [5, 5.41) is 3.62. The highest BCUT2D eigenvalue weighted by atomic mass is 16.5. The van der Waals surface area contributed by atoms with E-state index < -0.39 is 0 Å². The number of hydrogen-bond acceptors (Lipinski definition) is 4. The predicted octanol–water partition coefficient (Wildman–Crippen LogP) is 4.38. The van der Waals surface area contributed by atoms with E-state index in [-0.39, 0.29) is 12.1 Å². The quantitative estimate of drug-likeness (QED) is 0.712. The van der Waals surface area contributed by atoms with Gasteiger partial charge >= 0.3 is 5.97 Å². The highest BCUT2D eigenvalue weighted by Crippen LogP contribution is 2.68. The van der Waals surface area contributed by atoms with Crippen molar-refractivity contribution < 1.29 is 14.3 Å². The molecule has 0 spiro atoms. The number of fused-ring (bicyclic) bond motifs is 8. The van der Waals surface area contributed by atoms with Gasteiger partial charge in [0.1, 0.15) is 12.3 Å². The highest BCUT2D eigenvalue weighted by Gasteiger charge is 2.65. The summed E-state index contributed by atoms with van der Waals surface area (Å²) in [6.07, 6.45) is 8.40. The number of hydrogen-bond donors (Lipinski definition) is 1. The summed E-state index contributed by atoms with van der Waals surface area (Å²) in [4.78, 5) is 11.8. The first-order valence-corrected chi connectivity index (χ1v) is 11.8. The van der Waals surface area contributed by atoms with E-state index in [1.54, 1.807) is 6.92 Å². The zero-order chi connectivity index (χ0) is 19.8. The third-order valence-electron chi connectivity index (χ3n) is 10.1. The molecule has 28 heavy (non-hydrogen) atoms. The van der Waals surface area contributed by atoms with Crippen molar-refractivity contribution in [2.24, 2.45) is 46.3 Å². The van der Waals surface area contributed by atoms with Crippen LogP contribution < -0.4 is 5.32 Å². The van der Waals surface area contributed by atoms with Crippen LogP contribution in [0.1, 0.15) is 73.1 Å². The molecule has 2 bridgehead atoms.